The summed E-state index contributed by atoms with van der Waals surface area (Å²) in [5, 5.41) is 9.05. The molecule has 0 radical (unpaired) electrons. The number of aromatic amines is 1. The fourth-order valence-electron chi connectivity index (χ4n) is 2.18. The van der Waals surface area contributed by atoms with Gasteiger partial charge in [-0.05, 0) is 17.5 Å². The van der Waals surface area contributed by atoms with Crippen LogP contribution in [-0.2, 0) is 0 Å². The van der Waals surface area contributed by atoms with Crippen LogP contribution in [0, 0.1) is 0 Å². The zero-order valence-electron chi connectivity index (χ0n) is 9.97. The number of methoxy groups -OCH3 is 1. The van der Waals surface area contributed by atoms with Crippen molar-refractivity contribution < 1.29 is 4.74 Å². The zero-order valence-corrected chi connectivity index (χ0v) is 9.97. The molecule has 4 nitrogen and oxygen atoms in total. The molecular formula is C14H13N3O. The van der Waals surface area contributed by atoms with Gasteiger partial charge >= 0.3 is 0 Å². The number of H-pyrrole nitrogens is 1. The van der Waals surface area contributed by atoms with Gasteiger partial charge in [-0.25, -0.2) is 0 Å². The van der Waals surface area contributed by atoms with Crippen molar-refractivity contribution in [2.75, 3.05) is 12.8 Å². The Kier molecular flexibility index (Phi) is 2.41. The lowest BCUT2D eigenvalue weighted by Crippen LogP contribution is -1.90. The monoisotopic (exact) mass is 239 g/mol. The normalized spacial score (nSPS) is 10.7. The highest BCUT2D eigenvalue weighted by Crippen LogP contribution is 2.35. The van der Waals surface area contributed by atoms with Crippen molar-refractivity contribution in [1.82, 2.24) is 10.2 Å². The van der Waals surface area contributed by atoms with Crippen molar-refractivity contribution in [3.8, 4) is 17.0 Å². The molecule has 90 valence electrons. The number of nitrogens with one attached hydrogen (secondary N) is 1. The molecule has 0 unspecified atom stereocenters. The Balaban J connectivity index is 2.35. The van der Waals surface area contributed by atoms with Crippen LogP contribution in [-0.4, -0.2) is 17.3 Å². The van der Waals surface area contributed by atoms with Gasteiger partial charge in [-0.1, -0.05) is 24.3 Å². The van der Waals surface area contributed by atoms with Crippen LogP contribution in [0.2, 0.25) is 0 Å². The third-order valence-electron chi connectivity index (χ3n) is 3.04. The number of aromatic nitrogens is 2. The van der Waals surface area contributed by atoms with Crippen LogP contribution in [0.5, 0.6) is 5.75 Å². The summed E-state index contributed by atoms with van der Waals surface area (Å²) in [6.07, 6.45) is 1.62. The van der Waals surface area contributed by atoms with Crippen LogP contribution in [0.3, 0.4) is 0 Å². The molecule has 1 heterocycles. The quantitative estimate of drug-likeness (QED) is 0.722. The summed E-state index contributed by atoms with van der Waals surface area (Å²) in [6.45, 7) is 0. The molecule has 0 atom stereocenters. The Morgan fingerprint density at radius 2 is 1.89 bits per heavy atom. The molecular weight excluding hydrogens is 226 g/mol. The number of benzene rings is 2. The molecule has 0 aliphatic heterocycles. The standard InChI is InChI=1S/C14H13N3O/c1-18-13-7-6-11(14-12(15)8-16-17-14)9-4-2-3-5-10(9)13/h2-8H,15H2,1H3,(H,16,17). The average Bonchev–Trinajstić information content (AvgIpc) is 2.83. The highest BCUT2D eigenvalue weighted by molar-refractivity contribution is 6.01. The minimum absolute atomic E-state index is 0.644. The molecule has 1 aromatic heterocycles. The van der Waals surface area contributed by atoms with Crippen LogP contribution in [0.25, 0.3) is 22.0 Å². The summed E-state index contributed by atoms with van der Waals surface area (Å²) in [5.41, 5.74) is 8.42. The molecule has 3 aromatic rings. The number of anilines is 1. The van der Waals surface area contributed by atoms with Gasteiger partial charge in [0.05, 0.1) is 24.7 Å². The van der Waals surface area contributed by atoms with Crippen molar-refractivity contribution in [1.29, 1.82) is 0 Å². The second kappa shape index (κ2) is 4.07. The predicted octanol–water partition coefficient (Wildman–Crippen LogP) is 2.82. The third-order valence-corrected chi connectivity index (χ3v) is 3.04. The summed E-state index contributed by atoms with van der Waals surface area (Å²) in [4.78, 5) is 0. The molecule has 0 spiro atoms. The van der Waals surface area contributed by atoms with Crippen molar-refractivity contribution in [3.05, 3.63) is 42.6 Å². The fraction of sp³-hybridized carbons (Fsp3) is 0.0714. The highest BCUT2D eigenvalue weighted by Gasteiger charge is 2.11. The lowest BCUT2D eigenvalue weighted by atomic mass is 10.0. The van der Waals surface area contributed by atoms with E-state index < -0.39 is 0 Å². The predicted molar refractivity (Wildman–Crippen MR) is 72.5 cm³/mol. The summed E-state index contributed by atoms with van der Waals surface area (Å²) in [5.74, 6) is 0.854. The first-order chi connectivity index (χ1) is 8.81. The number of fused-ring (bicyclic) bond motifs is 1. The zero-order chi connectivity index (χ0) is 12.5. The molecule has 3 rings (SSSR count). The minimum Gasteiger partial charge on any atom is -0.496 e. The molecule has 0 fully saturated rings. The first-order valence-corrected chi connectivity index (χ1v) is 5.66. The summed E-state index contributed by atoms with van der Waals surface area (Å²) in [7, 11) is 1.67. The van der Waals surface area contributed by atoms with Crippen molar-refractivity contribution in [2.24, 2.45) is 0 Å². The van der Waals surface area contributed by atoms with Crippen molar-refractivity contribution in [2.45, 2.75) is 0 Å². The second-order valence-corrected chi connectivity index (χ2v) is 4.06. The molecule has 0 aliphatic rings. The Morgan fingerprint density at radius 3 is 2.56 bits per heavy atom. The van der Waals surface area contributed by atoms with Crippen LogP contribution in [0.4, 0.5) is 5.69 Å². The second-order valence-electron chi connectivity index (χ2n) is 4.06. The molecule has 0 amide bonds. The van der Waals surface area contributed by atoms with Crippen molar-refractivity contribution in [3.63, 3.8) is 0 Å². The van der Waals surface area contributed by atoms with E-state index in [-0.39, 0.29) is 0 Å². The number of nitrogens with zero attached hydrogens (tertiary/aromatic N) is 1. The Bertz CT molecular complexity index is 703. The van der Waals surface area contributed by atoms with Crippen LogP contribution >= 0.6 is 0 Å². The van der Waals surface area contributed by atoms with Gasteiger partial charge in [0.25, 0.3) is 0 Å². The minimum atomic E-state index is 0.644. The van der Waals surface area contributed by atoms with Gasteiger partial charge in [0, 0.05) is 10.9 Å². The summed E-state index contributed by atoms with van der Waals surface area (Å²) in [6, 6.07) is 12.0. The smallest absolute Gasteiger partial charge is 0.126 e. The lowest BCUT2D eigenvalue weighted by Gasteiger charge is -2.09. The van der Waals surface area contributed by atoms with E-state index in [1.165, 1.54) is 0 Å². The maximum absolute atomic E-state index is 5.91. The number of nitrogen functional groups attached to an aromatic ring is 1. The number of hydrogen-bond donors (Lipinski definition) is 2. The molecule has 0 bridgehead atoms. The topological polar surface area (TPSA) is 63.9 Å². The summed E-state index contributed by atoms with van der Waals surface area (Å²) < 4.78 is 5.37. The Morgan fingerprint density at radius 1 is 1.11 bits per heavy atom. The van der Waals surface area contributed by atoms with Gasteiger partial charge in [0.1, 0.15) is 5.75 Å². The van der Waals surface area contributed by atoms with Crippen LogP contribution in [0.15, 0.2) is 42.6 Å². The van der Waals surface area contributed by atoms with Crippen LogP contribution in [0.1, 0.15) is 0 Å². The van der Waals surface area contributed by atoms with E-state index in [2.05, 4.69) is 10.2 Å². The van der Waals surface area contributed by atoms with Crippen LogP contribution < -0.4 is 10.5 Å². The number of rotatable bonds is 2. The summed E-state index contributed by atoms with van der Waals surface area (Å²) >= 11 is 0. The van der Waals surface area contributed by atoms with E-state index in [4.69, 9.17) is 10.5 Å². The SMILES string of the molecule is COc1ccc(-c2[nH]ncc2N)c2ccccc12. The molecule has 4 heteroatoms. The van der Waals surface area contributed by atoms with Crippen molar-refractivity contribution >= 4 is 16.5 Å². The van der Waals surface area contributed by atoms with Gasteiger partial charge in [-0.2, -0.15) is 5.10 Å². The van der Waals surface area contributed by atoms with E-state index in [0.717, 1.165) is 27.8 Å². The van der Waals surface area contributed by atoms with E-state index in [1.54, 1.807) is 13.3 Å². The Labute approximate surface area is 104 Å². The van der Waals surface area contributed by atoms with Gasteiger partial charge in [0.2, 0.25) is 0 Å². The number of nitrogens with two attached hydrogens (primary N) is 1. The molecule has 0 aliphatic carbocycles. The molecule has 2 aromatic carbocycles. The van der Waals surface area contributed by atoms with Gasteiger partial charge in [-0.15, -0.1) is 0 Å². The molecule has 18 heavy (non-hydrogen) atoms. The molecule has 0 saturated carbocycles. The third kappa shape index (κ3) is 1.50. The van der Waals surface area contributed by atoms with Gasteiger partial charge < -0.3 is 10.5 Å². The lowest BCUT2D eigenvalue weighted by molar-refractivity contribution is 0.420. The van der Waals surface area contributed by atoms with Gasteiger partial charge in [0.15, 0.2) is 0 Å². The first-order valence-electron chi connectivity index (χ1n) is 5.66. The maximum atomic E-state index is 5.91. The molecule has 0 saturated heterocycles. The molecule has 3 N–H and O–H groups in total. The first kappa shape index (κ1) is 10.7. The average molecular weight is 239 g/mol. The fourth-order valence-corrected chi connectivity index (χ4v) is 2.18. The maximum Gasteiger partial charge on any atom is 0.126 e. The number of ether oxygens (including phenoxy) is 1. The highest BCUT2D eigenvalue weighted by atomic mass is 16.5. The van der Waals surface area contributed by atoms with E-state index in [0.29, 0.717) is 5.69 Å². The largest absolute Gasteiger partial charge is 0.496 e. The van der Waals surface area contributed by atoms with E-state index >= 15 is 0 Å². The number of hydrogen-bond acceptors (Lipinski definition) is 3. The van der Waals surface area contributed by atoms with E-state index in [9.17, 15) is 0 Å². The van der Waals surface area contributed by atoms with E-state index in [1.807, 2.05) is 36.4 Å². The van der Waals surface area contributed by atoms with Gasteiger partial charge in [-0.3, -0.25) is 5.10 Å². The Hall–Kier alpha value is -2.49.